The number of nitrogens with zero attached hydrogens (tertiary/aromatic N) is 1. The van der Waals surface area contributed by atoms with Crippen molar-refractivity contribution in [2.75, 3.05) is 19.0 Å². The molecule has 0 bridgehead atoms. The second-order valence-electron chi connectivity index (χ2n) is 5.06. The lowest BCUT2D eigenvalue weighted by Gasteiger charge is -2.11. The van der Waals surface area contributed by atoms with E-state index in [1.165, 1.54) is 0 Å². The summed E-state index contributed by atoms with van der Waals surface area (Å²) >= 11 is 5.83. The molecule has 0 saturated heterocycles. The Kier molecular flexibility index (Phi) is 3.43. The molecule has 0 fully saturated rings. The van der Waals surface area contributed by atoms with E-state index in [4.69, 9.17) is 16.0 Å². The van der Waals surface area contributed by atoms with Gasteiger partial charge >= 0.3 is 0 Å². The van der Waals surface area contributed by atoms with E-state index in [1.54, 1.807) is 30.3 Å². The Hall–Kier alpha value is -2.26. The van der Waals surface area contributed by atoms with Gasteiger partial charge in [-0.2, -0.15) is 0 Å². The number of carbonyl (C=O) groups is 1. The summed E-state index contributed by atoms with van der Waals surface area (Å²) in [5.74, 6) is 0.192. The molecule has 0 aliphatic heterocycles. The third kappa shape index (κ3) is 2.65. The van der Waals surface area contributed by atoms with Crippen molar-refractivity contribution < 1.29 is 9.21 Å². The fourth-order valence-corrected chi connectivity index (χ4v) is 2.28. The molecule has 2 aromatic carbocycles. The second kappa shape index (κ2) is 5.26. The third-order valence-corrected chi connectivity index (χ3v) is 3.60. The first kappa shape index (κ1) is 13.7. The monoisotopic (exact) mass is 299 g/mol. The van der Waals surface area contributed by atoms with Gasteiger partial charge in [-0.3, -0.25) is 4.79 Å². The van der Waals surface area contributed by atoms with Gasteiger partial charge in [-0.25, -0.2) is 0 Å². The lowest BCUT2D eigenvalue weighted by Crippen LogP contribution is -2.07. The maximum absolute atomic E-state index is 12.4. The van der Waals surface area contributed by atoms with E-state index in [1.807, 2.05) is 37.2 Å². The van der Waals surface area contributed by atoms with Gasteiger partial charge in [-0.15, -0.1) is 0 Å². The minimum absolute atomic E-state index is 0.144. The summed E-state index contributed by atoms with van der Waals surface area (Å²) in [5.41, 5.74) is 2.30. The third-order valence-electron chi connectivity index (χ3n) is 3.35. The number of anilines is 1. The van der Waals surface area contributed by atoms with Crippen molar-refractivity contribution in [3.63, 3.8) is 0 Å². The zero-order valence-corrected chi connectivity index (χ0v) is 12.5. The number of furan rings is 1. The lowest BCUT2D eigenvalue weighted by molar-refractivity contribution is 0.101. The molecule has 106 valence electrons. The summed E-state index contributed by atoms with van der Waals surface area (Å²) in [5, 5.41) is 1.52. The van der Waals surface area contributed by atoms with Crippen LogP contribution >= 0.6 is 11.6 Å². The van der Waals surface area contributed by atoms with Crippen LogP contribution in [-0.4, -0.2) is 19.9 Å². The summed E-state index contributed by atoms with van der Waals surface area (Å²) < 4.78 is 5.70. The Bertz CT molecular complexity index is 803. The van der Waals surface area contributed by atoms with Crippen LogP contribution < -0.4 is 4.90 Å². The largest absolute Gasteiger partial charge is 0.452 e. The first-order chi connectivity index (χ1) is 10.0. The highest BCUT2D eigenvalue weighted by molar-refractivity contribution is 6.30. The Labute approximate surface area is 127 Å². The molecule has 0 N–H and O–H groups in total. The maximum Gasteiger partial charge on any atom is 0.228 e. The summed E-state index contributed by atoms with van der Waals surface area (Å²) in [4.78, 5) is 14.4. The summed E-state index contributed by atoms with van der Waals surface area (Å²) in [6.07, 6.45) is 0. The topological polar surface area (TPSA) is 33.5 Å². The summed E-state index contributed by atoms with van der Waals surface area (Å²) in [6, 6.07) is 14.4. The van der Waals surface area contributed by atoms with Crippen LogP contribution in [0.3, 0.4) is 0 Å². The van der Waals surface area contributed by atoms with E-state index < -0.39 is 0 Å². The molecule has 0 unspecified atom stereocenters. The first-order valence-electron chi connectivity index (χ1n) is 6.56. The molecule has 1 aromatic heterocycles. The van der Waals surface area contributed by atoms with Crippen molar-refractivity contribution in [3.8, 4) is 0 Å². The highest BCUT2D eigenvalue weighted by atomic mass is 35.5. The summed E-state index contributed by atoms with van der Waals surface area (Å²) in [7, 11) is 3.92. The number of fused-ring (bicyclic) bond motifs is 1. The molecule has 0 radical (unpaired) electrons. The van der Waals surface area contributed by atoms with Crippen LogP contribution in [0.2, 0.25) is 5.02 Å². The molecule has 3 aromatic rings. The average molecular weight is 300 g/mol. The van der Waals surface area contributed by atoms with Crippen LogP contribution in [0.15, 0.2) is 52.9 Å². The average Bonchev–Trinajstić information content (AvgIpc) is 2.90. The number of ketones is 1. The Morgan fingerprint density at radius 3 is 2.43 bits per heavy atom. The smallest absolute Gasteiger partial charge is 0.228 e. The van der Waals surface area contributed by atoms with Crippen LogP contribution in [0.25, 0.3) is 11.0 Å². The highest BCUT2D eigenvalue weighted by Gasteiger charge is 2.15. The van der Waals surface area contributed by atoms with E-state index in [-0.39, 0.29) is 5.78 Å². The first-order valence-corrected chi connectivity index (χ1v) is 6.93. The lowest BCUT2D eigenvalue weighted by atomic mass is 10.1. The molecular weight excluding hydrogens is 286 g/mol. The predicted octanol–water partition coefficient (Wildman–Crippen LogP) is 4.38. The number of carbonyl (C=O) groups excluding carboxylic acids is 1. The van der Waals surface area contributed by atoms with Crippen LogP contribution in [0, 0.1) is 0 Å². The van der Waals surface area contributed by atoms with Crippen molar-refractivity contribution in [2.45, 2.75) is 0 Å². The van der Waals surface area contributed by atoms with Gasteiger partial charge in [0.2, 0.25) is 5.78 Å². The van der Waals surface area contributed by atoms with Crippen molar-refractivity contribution >= 4 is 34.0 Å². The van der Waals surface area contributed by atoms with Gasteiger partial charge in [0.05, 0.1) is 0 Å². The Balaban J connectivity index is 2.00. The van der Waals surface area contributed by atoms with Gasteiger partial charge in [0.15, 0.2) is 5.76 Å². The van der Waals surface area contributed by atoms with Gasteiger partial charge in [0, 0.05) is 41.8 Å². The zero-order chi connectivity index (χ0) is 15.0. The second-order valence-corrected chi connectivity index (χ2v) is 5.50. The number of halogens is 1. The SMILES string of the molecule is CN(C)c1ccc2cc(C(=O)c3ccc(Cl)cc3)oc2c1. The van der Waals surface area contributed by atoms with E-state index in [0.29, 0.717) is 21.9 Å². The molecule has 0 amide bonds. The van der Waals surface area contributed by atoms with Crippen molar-refractivity contribution in [3.05, 3.63) is 64.9 Å². The molecule has 0 aliphatic carbocycles. The van der Waals surface area contributed by atoms with E-state index in [9.17, 15) is 4.79 Å². The van der Waals surface area contributed by atoms with Crippen LogP contribution in [-0.2, 0) is 0 Å². The van der Waals surface area contributed by atoms with Gasteiger partial charge in [0.25, 0.3) is 0 Å². The molecule has 0 aliphatic rings. The molecule has 4 heteroatoms. The van der Waals surface area contributed by atoms with Gasteiger partial charge in [-0.05, 0) is 42.5 Å². The molecule has 21 heavy (non-hydrogen) atoms. The van der Waals surface area contributed by atoms with Crippen molar-refractivity contribution in [1.82, 2.24) is 0 Å². The van der Waals surface area contributed by atoms with E-state index in [0.717, 1.165) is 11.1 Å². The van der Waals surface area contributed by atoms with Crippen LogP contribution in [0.1, 0.15) is 16.1 Å². The molecule has 1 heterocycles. The molecule has 3 nitrogen and oxygen atoms in total. The molecule has 0 atom stereocenters. The van der Waals surface area contributed by atoms with Gasteiger partial charge in [-0.1, -0.05) is 11.6 Å². The quantitative estimate of drug-likeness (QED) is 0.673. The Morgan fingerprint density at radius 2 is 1.76 bits per heavy atom. The highest BCUT2D eigenvalue weighted by Crippen LogP contribution is 2.26. The zero-order valence-electron chi connectivity index (χ0n) is 11.8. The molecular formula is C17H14ClNO2. The Morgan fingerprint density at radius 1 is 1.05 bits per heavy atom. The fraction of sp³-hybridized carbons (Fsp3) is 0.118. The molecule has 0 spiro atoms. The molecule has 3 rings (SSSR count). The molecule has 0 saturated carbocycles. The van der Waals surface area contributed by atoms with E-state index >= 15 is 0 Å². The van der Waals surface area contributed by atoms with Crippen LogP contribution in [0.4, 0.5) is 5.69 Å². The minimum Gasteiger partial charge on any atom is -0.452 e. The van der Waals surface area contributed by atoms with E-state index in [2.05, 4.69) is 0 Å². The summed E-state index contributed by atoms with van der Waals surface area (Å²) in [6.45, 7) is 0. The normalized spacial score (nSPS) is 10.8. The number of hydrogen-bond acceptors (Lipinski definition) is 3. The fourth-order valence-electron chi connectivity index (χ4n) is 2.15. The minimum atomic E-state index is -0.144. The predicted molar refractivity (Wildman–Crippen MR) is 85.4 cm³/mol. The maximum atomic E-state index is 12.4. The van der Waals surface area contributed by atoms with Gasteiger partial charge in [0.1, 0.15) is 5.58 Å². The number of hydrogen-bond donors (Lipinski definition) is 0. The standard InChI is InChI=1S/C17H14ClNO2/c1-19(2)14-8-5-12-9-16(21-15(12)10-14)17(20)11-3-6-13(18)7-4-11/h3-10H,1-2H3. The van der Waals surface area contributed by atoms with Crippen molar-refractivity contribution in [2.24, 2.45) is 0 Å². The van der Waals surface area contributed by atoms with Gasteiger partial charge < -0.3 is 9.32 Å². The van der Waals surface area contributed by atoms with Crippen molar-refractivity contribution in [1.29, 1.82) is 0 Å². The van der Waals surface area contributed by atoms with Crippen LogP contribution in [0.5, 0.6) is 0 Å². The number of benzene rings is 2. The number of rotatable bonds is 3.